The molecule has 2 unspecified atom stereocenters. The van der Waals surface area contributed by atoms with E-state index in [-0.39, 0.29) is 6.10 Å². The summed E-state index contributed by atoms with van der Waals surface area (Å²) in [6.07, 6.45) is 3.40. The summed E-state index contributed by atoms with van der Waals surface area (Å²) >= 11 is 1.52. The van der Waals surface area contributed by atoms with Gasteiger partial charge >= 0.3 is 0 Å². The van der Waals surface area contributed by atoms with Crippen LogP contribution in [0, 0.1) is 5.92 Å². The monoisotopic (exact) mass is 185 g/mol. The van der Waals surface area contributed by atoms with Crippen LogP contribution >= 0.6 is 11.3 Å². The number of aromatic nitrogens is 1. The second kappa shape index (κ2) is 4.58. The fourth-order valence-corrected chi connectivity index (χ4v) is 1.67. The van der Waals surface area contributed by atoms with Gasteiger partial charge in [0.15, 0.2) is 0 Å². The summed E-state index contributed by atoms with van der Waals surface area (Å²) in [5.41, 5.74) is 1.76. The minimum absolute atomic E-state index is 0.313. The van der Waals surface area contributed by atoms with Crippen molar-refractivity contribution >= 4 is 11.3 Å². The Morgan fingerprint density at radius 3 is 2.92 bits per heavy atom. The van der Waals surface area contributed by atoms with Gasteiger partial charge in [0.2, 0.25) is 0 Å². The van der Waals surface area contributed by atoms with Gasteiger partial charge in [0.25, 0.3) is 0 Å². The molecule has 1 rings (SSSR count). The molecule has 0 amide bonds. The molecule has 0 fully saturated rings. The molecule has 2 atom stereocenters. The van der Waals surface area contributed by atoms with E-state index in [1.54, 1.807) is 11.7 Å². The van der Waals surface area contributed by atoms with E-state index in [1.807, 2.05) is 0 Å². The highest BCUT2D eigenvalue weighted by atomic mass is 32.1. The first kappa shape index (κ1) is 9.68. The van der Waals surface area contributed by atoms with Gasteiger partial charge < -0.3 is 5.11 Å². The van der Waals surface area contributed by atoms with Crippen LogP contribution in [-0.4, -0.2) is 10.1 Å². The van der Waals surface area contributed by atoms with E-state index >= 15 is 0 Å². The van der Waals surface area contributed by atoms with Crippen molar-refractivity contribution in [1.82, 2.24) is 4.98 Å². The third-order valence-corrected chi connectivity index (χ3v) is 2.98. The Morgan fingerprint density at radius 1 is 1.67 bits per heavy atom. The van der Waals surface area contributed by atoms with Crippen molar-refractivity contribution in [3.05, 3.63) is 16.6 Å². The lowest BCUT2D eigenvalue weighted by atomic mass is 10.0. The van der Waals surface area contributed by atoms with Crippen LogP contribution in [0.4, 0.5) is 0 Å². The van der Waals surface area contributed by atoms with E-state index in [1.165, 1.54) is 11.3 Å². The quantitative estimate of drug-likeness (QED) is 0.782. The molecule has 0 radical (unpaired) electrons. The zero-order chi connectivity index (χ0) is 8.97. The van der Waals surface area contributed by atoms with E-state index in [4.69, 9.17) is 0 Å². The molecule has 12 heavy (non-hydrogen) atoms. The van der Waals surface area contributed by atoms with Crippen LogP contribution in [0.1, 0.15) is 37.7 Å². The number of rotatable bonds is 4. The Kier molecular flexibility index (Phi) is 3.69. The van der Waals surface area contributed by atoms with Crippen LogP contribution < -0.4 is 0 Å². The van der Waals surface area contributed by atoms with Gasteiger partial charge in [0.05, 0.1) is 16.5 Å². The predicted octanol–water partition coefficient (Wildman–Crippen LogP) is 2.61. The molecule has 1 N–H and O–H groups in total. The molecule has 0 aliphatic rings. The molecule has 0 saturated carbocycles. The lowest BCUT2D eigenvalue weighted by molar-refractivity contribution is 0.150. The lowest BCUT2D eigenvalue weighted by Crippen LogP contribution is -2.01. The predicted molar refractivity (Wildman–Crippen MR) is 51.1 cm³/mol. The highest BCUT2D eigenvalue weighted by Gasteiger charge is 2.11. The van der Waals surface area contributed by atoms with E-state index in [0.717, 1.165) is 17.7 Å². The van der Waals surface area contributed by atoms with Crippen LogP contribution in [0.5, 0.6) is 0 Å². The topological polar surface area (TPSA) is 33.1 Å². The van der Waals surface area contributed by atoms with Crippen molar-refractivity contribution in [2.45, 2.75) is 32.8 Å². The third-order valence-electron chi connectivity index (χ3n) is 2.10. The van der Waals surface area contributed by atoms with Crippen LogP contribution in [0.3, 0.4) is 0 Å². The van der Waals surface area contributed by atoms with E-state index in [0.29, 0.717) is 5.92 Å². The van der Waals surface area contributed by atoms with Gasteiger partial charge in [-0.1, -0.05) is 20.3 Å². The average Bonchev–Trinajstić information content (AvgIpc) is 2.56. The van der Waals surface area contributed by atoms with Crippen LogP contribution in [0.15, 0.2) is 11.7 Å². The van der Waals surface area contributed by atoms with Crippen molar-refractivity contribution in [3.63, 3.8) is 0 Å². The van der Waals surface area contributed by atoms with Crippen LogP contribution in [0.25, 0.3) is 0 Å². The van der Waals surface area contributed by atoms with Gasteiger partial charge in [0.1, 0.15) is 0 Å². The molecule has 0 aliphatic carbocycles. The standard InChI is InChI=1S/C9H15NOS/c1-3-7(2)4-8(11)9-5-10-6-12-9/h5-8,11H,3-4H2,1-2H3. The fourth-order valence-electron chi connectivity index (χ4n) is 1.05. The highest BCUT2D eigenvalue weighted by molar-refractivity contribution is 7.09. The number of thiazole rings is 1. The van der Waals surface area contributed by atoms with Crippen LogP contribution in [-0.2, 0) is 0 Å². The summed E-state index contributed by atoms with van der Waals surface area (Å²) in [6.45, 7) is 4.30. The lowest BCUT2D eigenvalue weighted by Gasteiger charge is -2.12. The second-order valence-electron chi connectivity index (χ2n) is 3.17. The first-order chi connectivity index (χ1) is 5.74. The molecule has 68 valence electrons. The summed E-state index contributed by atoms with van der Waals surface area (Å²) in [7, 11) is 0. The Morgan fingerprint density at radius 2 is 2.42 bits per heavy atom. The minimum Gasteiger partial charge on any atom is -0.388 e. The number of hydrogen-bond acceptors (Lipinski definition) is 3. The van der Waals surface area contributed by atoms with E-state index in [9.17, 15) is 5.11 Å². The Balaban J connectivity index is 2.44. The number of aliphatic hydroxyl groups is 1. The van der Waals surface area contributed by atoms with Gasteiger partial charge in [-0.15, -0.1) is 11.3 Å². The van der Waals surface area contributed by atoms with Gasteiger partial charge in [0, 0.05) is 6.20 Å². The number of aliphatic hydroxyl groups excluding tert-OH is 1. The van der Waals surface area contributed by atoms with Crippen molar-refractivity contribution in [3.8, 4) is 0 Å². The first-order valence-electron chi connectivity index (χ1n) is 4.30. The molecule has 3 heteroatoms. The smallest absolute Gasteiger partial charge is 0.0900 e. The molecular weight excluding hydrogens is 170 g/mol. The SMILES string of the molecule is CCC(C)CC(O)c1cncs1. The zero-order valence-electron chi connectivity index (χ0n) is 7.53. The highest BCUT2D eigenvalue weighted by Crippen LogP contribution is 2.24. The molecule has 2 nitrogen and oxygen atoms in total. The van der Waals surface area contributed by atoms with Crippen molar-refractivity contribution in [1.29, 1.82) is 0 Å². The number of hydrogen-bond donors (Lipinski definition) is 1. The van der Waals surface area contributed by atoms with Crippen molar-refractivity contribution in [2.75, 3.05) is 0 Å². The first-order valence-corrected chi connectivity index (χ1v) is 5.18. The molecule has 0 spiro atoms. The molecule has 1 heterocycles. The third kappa shape index (κ3) is 2.57. The molecule has 0 aromatic carbocycles. The Bertz CT molecular complexity index is 210. The summed E-state index contributed by atoms with van der Waals surface area (Å²) in [5.74, 6) is 0.585. The maximum absolute atomic E-state index is 9.68. The summed E-state index contributed by atoms with van der Waals surface area (Å²) < 4.78 is 0. The zero-order valence-corrected chi connectivity index (χ0v) is 8.34. The second-order valence-corrected chi connectivity index (χ2v) is 4.09. The average molecular weight is 185 g/mol. The van der Waals surface area contributed by atoms with E-state index < -0.39 is 0 Å². The largest absolute Gasteiger partial charge is 0.388 e. The maximum atomic E-state index is 9.68. The van der Waals surface area contributed by atoms with Crippen LogP contribution in [0.2, 0.25) is 0 Å². The van der Waals surface area contributed by atoms with Gasteiger partial charge in [-0.3, -0.25) is 4.98 Å². The van der Waals surface area contributed by atoms with Crippen molar-refractivity contribution in [2.24, 2.45) is 5.92 Å². The summed E-state index contributed by atoms with van der Waals surface area (Å²) in [5, 5.41) is 9.68. The normalized spacial score (nSPS) is 15.9. The molecular formula is C9H15NOS. The molecule has 0 aliphatic heterocycles. The van der Waals surface area contributed by atoms with Gasteiger partial charge in [-0.05, 0) is 12.3 Å². The summed E-state index contributed by atoms with van der Waals surface area (Å²) in [6, 6.07) is 0. The molecule has 0 bridgehead atoms. The molecule has 1 aromatic heterocycles. The van der Waals surface area contributed by atoms with Gasteiger partial charge in [-0.2, -0.15) is 0 Å². The fraction of sp³-hybridized carbons (Fsp3) is 0.667. The Hall–Kier alpha value is -0.410. The maximum Gasteiger partial charge on any atom is 0.0900 e. The Labute approximate surface area is 77.3 Å². The molecule has 1 aromatic rings. The molecule has 0 saturated heterocycles. The van der Waals surface area contributed by atoms with E-state index in [2.05, 4.69) is 18.8 Å². The van der Waals surface area contributed by atoms with Crippen molar-refractivity contribution < 1.29 is 5.11 Å². The summed E-state index contributed by atoms with van der Waals surface area (Å²) in [4.78, 5) is 4.92. The number of nitrogens with zero attached hydrogens (tertiary/aromatic N) is 1. The minimum atomic E-state index is -0.313. The van der Waals surface area contributed by atoms with Gasteiger partial charge in [-0.25, -0.2) is 0 Å².